The summed E-state index contributed by atoms with van der Waals surface area (Å²) in [5.41, 5.74) is 3.13. The molecular weight excluding hydrogens is 348 g/mol. The number of hydrogen-bond acceptors (Lipinski definition) is 3. The molecule has 0 saturated heterocycles. The highest BCUT2D eigenvalue weighted by Crippen LogP contribution is 2.37. The van der Waals surface area contributed by atoms with E-state index >= 15 is 0 Å². The Kier molecular flexibility index (Phi) is 4.78. The molecule has 142 valence electrons. The van der Waals surface area contributed by atoms with Gasteiger partial charge in [0.2, 0.25) is 0 Å². The van der Waals surface area contributed by atoms with Gasteiger partial charge in [0.15, 0.2) is 0 Å². The van der Waals surface area contributed by atoms with E-state index in [0.717, 1.165) is 23.4 Å². The van der Waals surface area contributed by atoms with E-state index in [-0.39, 0.29) is 5.91 Å². The van der Waals surface area contributed by atoms with Crippen LogP contribution in [0.5, 0.6) is 5.75 Å². The van der Waals surface area contributed by atoms with Gasteiger partial charge in [-0.2, -0.15) is 0 Å². The number of ether oxygens (including phenoxy) is 1. The van der Waals surface area contributed by atoms with Gasteiger partial charge in [-0.05, 0) is 36.8 Å². The molecule has 4 heteroatoms. The number of rotatable bonds is 5. The molecule has 1 unspecified atom stereocenters. The van der Waals surface area contributed by atoms with Gasteiger partial charge < -0.3 is 15.0 Å². The zero-order valence-corrected chi connectivity index (χ0v) is 16.2. The van der Waals surface area contributed by atoms with Crippen LogP contribution >= 0.6 is 0 Å². The third-order valence-corrected chi connectivity index (χ3v) is 5.41. The van der Waals surface area contributed by atoms with Gasteiger partial charge in [-0.25, -0.2) is 0 Å². The zero-order chi connectivity index (χ0) is 19.6. The van der Waals surface area contributed by atoms with Crippen LogP contribution < -0.4 is 10.1 Å². The van der Waals surface area contributed by atoms with Gasteiger partial charge in [-0.15, -0.1) is 0 Å². The van der Waals surface area contributed by atoms with Gasteiger partial charge in [0.25, 0.3) is 5.91 Å². The first-order chi connectivity index (χ1) is 13.6. The van der Waals surface area contributed by atoms with E-state index in [9.17, 15) is 4.79 Å². The number of amides is 1. The third-order valence-electron chi connectivity index (χ3n) is 5.41. The molecule has 1 amide bonds. The van der Waals surface area contributed by atoms with E-state index in [1.54, 1.807) is 4.90 Å². The van der Waals surface area contributed by atoms with Crippen molar-refractivity contribution < 1.29 is 9.53 Å². The minimum Gasteiger partial charge on any atom is -0.493 e. The summed E-state index contributed by atoms with van der Waals surface area (Å²) in [6.07, 6.45) is 0.854. The van der Waals surface area contributed by atoms with Crippen molar-refractivity contribution in [1.29, 1.82) is 0 Å². The van der Waals surface area contributed by atoms with Crippen LogP contribution in [0.15, 0.2) is 78.9 Å². The summed E-state index contributed by atoms with van der Waals surface area (Å²) in [6.45, 7) is 2.62. The summed E-state index contributed by atoms with van der Waals surface area (Å²) in [7, 11) is 1.83. The lowest BCUT2D eigenvalue weighted by atomic mass is 9.94. The Labute approximate surface area is 165 Å². The minimum atomic E-state index is -0.649. The highest BCUT2D eigenvalue weighted by molar-refractivity contribution is 6.02. The molecule has 1 aliphatic heterocycles. The maximum Gasteiger partial charge on any atom is 0.257 e. The van der Waals surface area contributed by atoms with Gasteiger partial charge in [-0.3, -0.25) is 4.79 Å². The number of hydrogen-bond donors (Lipinski definition) is 1. The summed E-state index contributed by atoms with van der Waals surface area (Å²) in [5.74, 6) is 0.809. The minimum absolute atomic E-state index is 0.00671. The first-order valence-corrected chi connectivity index (χ1v) is 9.50. The first kappa shape index (κ1) is 18.1. The maximum absolute atomic E-state index is 12.9. The van der Waals surface area contributed by atoms with Gasteiger partial charge in [0.05, 0.1) is 12.2 Å². The van der Waals surface area contributed by atoms with Crippen LogP contribution in [-0.2, 0) is 12.1 Å². The molecule has 0 radical (unpaired) electrons. The fourth-order valence-corrected chi connectivity index (χ4v) is 3.59. The number of nitrogens with zero attached hydrogens (tertiary/aromatic N) is 1. The maximum atomic E-state index is 12.9. The Morgan fingerprint density at radius 1 is 0.964 bits per heavy atom. The Bertz CT molecular complexity index is 987. The number of carbonyl (C=O) groups is 1. The number of benzene rings is 3. The number of carbonyl (C=O) groups excluding carboxylic acids is 1. The van der Waals surface area contributed by atoms with Crippen LogP contribution in [0.2, 0.25) is 0 Å². The lowest BCUT2D eigenvalue weighted by Gasteiger charge is -2.44. The Balaban J connectivity index is 1.54. The Morgan fingerprint density at radius 2 is 1.71 bits per heavy atom. The second-order valence-electron chi connectivity index (χ2n) is 7.22. The van der Waals surface area contributed by atoms with Crippen LogP contribution in [0.4, 0.5) is 5.69 Å². The molecule has 0 fully saturated rings. The molecule has 1 N–H and O–H groups in total. The van der Waals surface area contributed by atoms with Crippen molar-refractivity contribution in [3.8, 4) is 5.75 Å². The molecular formula is C24H24N2O2. The van der Waals surface area contributed by atoms with Gasteiger partial charge in [-0.1, -0.05) is 54.6 Å². The Morgan fingerprint density at radius 3 is 2.54 bits per heavy atom. The average molecular weight is 372 g/mol. The molecule has 3 aromatic carbocycles. The fourth-order valence-electron chi connectivity index (χ4n) is 3.59. The van der Waals surface area contributed by atoms with Crippen molar-refractivity contribution in [3.63, 3.8) is 0 Å². The van der Waals surface area contributed by atoms with E-state index in [1.165, 1.54) is 5.56 Å². The molecule has 28 heavy (non-hydrogen) atoms. The predicted molar refractivity (Wildman–Crippen MR) is 112 cm³/mol. The van der Waals surface area contributed by atoms with Crippen LogP contribution in [-0.4, -0.2) is 24.5 Å². The Hall–Kier alpha value is -3.27. The molecule has 0 bridgehead atoms. The van der Waals surface area contributed by atoms with Gasteiger partial charge in [0.1, 0.15) is 11.4 Å². The van der Waals surface area contributed by atoms with Crippen molar-refractivity contribution in [3.05, 3.63) is 95.6 Å². The lowest BCUT2D eigenvalue weighted by molar-refractivity contribution is 0.0615. The average Bonchev–Trinajstić information content (AvgIpc) is 2.73. The highest BCUT2D eigenvalue weighted by atomic mass is 16.5. The van der Waals surface area contributed by atoms with E-state index in [4.69, 9.17) is 4.74 Å². The van der Waals surface area contributed by atoms with Gasteiger partial charge >= 0.3 is 0 Å². The molecule has 4 rings (SSSR count). The van der Waals surface area contributed by atoms with Crippen LogP contribution in [0, 0.1) is 0 Å². The molecule has 1 heterocycles. The van der Waals surface area contributed by atoms with Crippen molar-refractivity contribution in [2.24, 2.45) is 0 Å². The van der Waals surface area contributed by atoms with Crippen molar-refractivity contribution in [1.82, 2.24) is 4.90 Å². The second kappa shape index (κ2) is 7.39. The summed E-state index contributed by atoms with van der Waals surface area (Å²) >= 11 is 0. The topological polar surface area (TPSA) is 41.6 Å². The molecule has 0 saturated carbocycles. The lowest BCUT2D eigenvalue weighted by Crippen LogP contribution is -2.53. The molecule has 0 aromatic heterocycles. The highest BCUT2D eigenvalue weighted by Gasteiger charge is 2.40. The van der Waals surface area contributed by atoms with Crippen molar-refractivity contribution in [2.45, 2.75) is 19.0 Å². The van der Waals surface area contributed by atoms with Crippen LogP contribution in [0.3, 0.4) is 0 Å². The van der Waals surface area contributed by atoms with E-state index < -0.39 is 5.66 Å². The number of anilines is 1. The first-order valence-electron chi connectivity index (χ1n) is 9.50. The molecule has 3 aromatic rings. The van der Waals surface area contributed by atoms with Crippen LogP contribution in [0.1, 0.15) is 28.4 Å². The van der Waals surface area contributed by atoms with Crippen molar-refractivity contribution >= 4 is 11.6 Å². The zero-order valence-electron chi connectivity index (χ0n) is 16.2. The molecule has 1 atom stereocenters. The fraction of sp³-hybridized carbons (Fsp3) is 0.208. The standard InChI is InChI=1S/C24H24N2O2/c1-24(25-22-14-7-6-13-21(22)23(27)26(24)2)19-11-8-12-20(17-19)28-16-15-18-9-4-3-5-10-18/h3-14,17,25H,15-16H2,1-2H3. The number of fused-ring (bicyclic) bond motifs is 1. The SMILES string of the molecule is CN1C(=O)c2ccccc2NC1(C)c1cccc(OCCc2ccccc2)c1. The monoisotopic (exact) mass is 372 g/mol. The summed E-state index contributed by atoms with van der Waals surface area (Å²) in [4.78, 5) is 14.6. The summed E-state index contributed by atoms with van der Waals surface area (Å²) < 4.78 is 5.99. The smallest absolute Gasteiger partial charge is 0.257 e. The van der Waals surface area contributed by atoms with E-state index in [0.29, 0.717) is 12.2 Å². The quantitative estimate of drug-likeness (QED) is 0.707. The second-order valence-corrected chi connectivity index (χ2v) is 7.22. The van der Waals surface area contributed by atoms with Crippen molar-refractivity contribution in [2.75, 3.05) is 19.0 Å². The number of nitrogens with one attached hydrogen (secondary N) is 1. The molecule has 0 aliphatic carbocycles. The summed E-state index contributed by atoms with van der Waals surface area (Å²) in [5, 5.41) is 3.53. The third kappa shape index (κ3) is 3.33. The predicted octanol–water partition coefficient (Wildman–Crippen LogP) is 4.68. The molecule has 1 aliphatic rings. The number of para-hydroxylation sites is 1. The van der Waals surface area contributed by atoms with E-state index in [2.05, 4.69) is 17.4 Å². The summed E-state index contributed by atoms with van der Waals surface area (Å²) in [6, 6.07) is 25.9. The van der Waals surface area contributed by atoms with Crippen LogP contribution in [0.25, 0.3) is 0 Å². The molecule has 4 nitrogen and oxygen atoms in total. The largest absolute Gasteiger partial charge is 0.493 e. The normalized spacial score (nSPS) is 18.4. The van der Waals surface area contributed by atoms with Gasteiger partial charge in [0, 0.05) is 24.7 Å². The van der Waals surface area contributed by atoms with E-state index in [1.807, 2.05) is 80.7 Å². The molecule has 0 spiro atoms.